The molecule has 1 N–H and O–H groups in total. The first-order valence-electron chi connectivity index (χ1n) is 8.58. The first-order valence-corrected chi connectivity index (χ1v) is 8.58. The van der Waals surface area contributed by atoms with Gasteiger partial charge in [0.1, 0.15) is 5.54 Å². The van der Waals surface area contributed by atoms with Gasteiger partial charge in [-0.15, -0.1) is 0 Å². The van der Waals surface area contributed by atoms with Gasteiger partial charge in [0.05, 0.1) is 6.07 Å². The van der Waals surface area contributed by atoms with Crippen molar-refractivity contribution in [2.45, 2.75) is 88.9 Å². The molecule has 0 aromatic rings. The van der Waals surface area contributed by atoms with Crippen LogP contribution in [0.5, 0.6) is 0 Å². The Bertz CT molecular complexity index is 386. The third-order valence-electron chi connectivity index (χ3n) is 5.79. The highest BCUT2D eigenvalue weighted by atomic mass is 15.2. The van der Waals surface area contributed by atoms with Gasteiger partial charge in [0.15, 0.2) is 0 Å². The van der Waals surface area contributed by atoms with Gasteiger partial charge in [0.2, 0.25) is 0 Å². The summed E-state index contributed by atoms with van der Waals surface area (Å²) >= 11 is 0. The van der Waals surface area contributed by atoms with Crippen molar-refractivity contribution in [3.8, 4) is 6.07 Å². The van der Waals surface area contributed by atoms with E-state index in [1.54, 1.807) is 0 Å². The molecule has 4 unspecified atom stereocenters. The monoisotopic (exact) mass is 275 g/mol. The van der Waals surface area contributed by atoms with Gasteiger partial charge in [-0.25, -0.2) is 0 Å². The Balaban J connectivity index is 1.66. The van der Waals surface area contributed by atoms with E-state index in [1.165, 1.54) is 45.1 Å². The van der Waals surface area contributed by atoms with Crippen molar-refractivity contribution in [1.29, 1.82) is 5.26 Å². The number of rotatable bonds is 3. The van der Waals surface area contributed by atoms with Crippen LogP contribution in [0.3, 0.4) is 0 Å². The third kappa shape index (κ3) is 2.61. The first-order chi connectivity index (χ1) is 9.63. The topological polar surface area (TPSA) is 39.1 Å². The Morgan fingerprint density at radius 2 is 2.00 bits per heavy atom. The molecule has 112 valence electrons. The maximum absolute atomic E-state index is 9.63. The molecule has 3 nitrogen and oxygen atoms in total. The summed E-state index contributed by atoms with van der Waals surface area (Å²) in [5, 5.41) is 13.2. The summed E-state index contributed by atoms with van der Waals surface area (Å²) in [6.07, 6.45) is 10.4. The van der Waals surface area contributed by atoms with Crippen LogP contribution in [-0.4, -0.2) is 35.1 Å². The lowest BCUT2D eigenvalue weighted by atomic mass is 9.85. The normalized spacial score (nSPS) is 41.8. The quantitative estimate of drug-likeness (QED) is 0.860. The van der Waals surface area contributed by atoms with E-state index in [1.807, 2.05) is 0 Å². The molecule has 1 aliphatic heterocycles. The van der Waals surface area contributed by atoms with Gasteiger partial charge >= 0.3 is 0 Å². The Hall–Kier alpha value is -0.590. The van der Waals surface area contributed by atoms with Gasteiger partial charge in [-0.1, -0.05) is 12.8 Å². The molecule has 2 aliphatic carbocycles. The molecule has 3 heteroatoms. The van der Waals surface area contributed by atoms with Crippen LogP contribution >= 0.6 is 0 Å². The smallest absolute Gasteiger partial charge is 0.108 e. The maximum Gasteiger partial charge on any atom is 0.108 e. The number of nitriles is 1. The van der Waals surface area contributed by atoms with Crippen molar-refractivity contribution in [3.05, 3.63) is 0 Å². The van der Waals surface area contributed by atoms with E-state index in [0.29, 0.717) is 12.1 Å². The molecule has 0 amide bonds. The van der Waals surface area contributed by atoms with Crippen LogP contribution in [-0.2, 0) is 0 Å². The lowest BCUT2D eigenvalue weighted by Gasteiger charge is -2.36. The van der Waals surface area contributed by atoms with Crippen molar-refractivity contribution in [2.75, 3.05) is 6.54 Å². The molecule has 20 heavy (non-hydrogen) atoms. The summed E-state index contributed by atoms with van der Waals surface area (Å²) in [5.74, 6) is 0.957. The second-order valence-corrected chi connectivity index (χ2v) is 7.53. The summed E-state index contributed by atoms with van der Waals surface area (Å²) in [4.78, 5) is 2.78. The molecule has 0 aromatic heterocycles. The van der Waals surface area contributed by atoms with Crippen molar-refractivity contribution in [3.63, 3.8) is 0 Å². The molecule has 4 atom stereocenters. The van der Waals surface area contributed by atoms with Crippen LogP contribution in [0, 0.1) is 17.2 Å². The second-order valence-electron chi connectivity index (χ2n) is 7.53. The number of nitrogens with one attached hydrogen (secondary N) is 1. The fourth-order valence-corrected chi connectivity index (χ4v) is 5.02. The van der Waals surface area contributed by atoms with Crippen LogP contribution in [0.25, 0.3) is 0 Å². The molecule has 3 fully saturated rings. The van der Waals surface area contributed by atoms with Crippen LogP contribution in [0.2, 0.25) is 0 Å². The molecular weight excluding hydrogens is 246 g/mol. The van der Waals surface area contributed by atoms with Crippen LogP contribution in [0.15, 0.2) is 0 Å². The van der Waals surface area contributed by atoms with E-state index in [0.717, 1.165) is 24.8 Å². The van der Waals surface area contributed by atoms with E-state index in [2.05, 4.69) is 30.1 Å². The molecule has 1 saturated heterocycles. The Morgan fingerprint density at radius 1 is 1.20 bits per heavy atom. The van der Waals surface area contributed by atoms with Crippen molar-refractivity contribution in [1.82, 2.24) is 10.2 Å². The number of fused-ring (bicyclic) bond motifs is 1. The Labute approximate surface area is 123 Å². The van der Waals surface area contributed by atoms with E-state index in [9.17, 15) is 5.26 Å². The number of hydrogen-bond acceptors (Lipinski definition) is 3. The zero-order chi connectivity index (χ0) is 14.2. The van der Waals surface area contributed by atoms with Crippen molar-refractivity contribution < 1.29 is 0 Å². The summed E-state index contributed by atoms with van der Waals surface area (Å²) in [6.45, 7) is 5.59. The minimum absolute atomic E-state index is 0.258. The standard InChI is InChI=1S/C17H29N3/c1-13(2)19-17(12-18)9-7-15(11-17)20-10-8-14-5-3-4-6-16(14)20/h13-16,19H,3-11H2,1-2H3. The van der Waals surface area contributed by atoms with Gasteiger partial charge in [-0.3, -0.25) is 10.2 Å². The van der Waals surface area contributed by atoms with Gasteiger partial charge in [-0.2, -0.15) is 5.26 Å². The van der Waals surface area contributed by atoms with E-state index >= 15 is 0 Å². The van der Waals surface area contributed by atoms with Crippen molar-refractivity contribution in [2.24, 2.45) is 5.92 Å². The highest BCUT2D eigenvalue weighted by Crippen LogP contribution is 2.42. The number of nitrogens with zero attached hydrogens (tertiary/aromatic N) is 2. The van der Waals surface area contributed by atoms with E-state index < -0.39 is 0 Å². The summed E-state index contributed by atoms with van der Waals surface area (Å²) < 4.78 is 0. The van der Waals surface area contributed by atoms with Crippen molar-refractivity contribution >= 4 is 0 Å². The maximum atomic E-state index is 9.63. The van der Waals surface area contributed by atoms with E-state index in [4.69, 9.17) is 0 Å². The molecule has 0 bridgehead atoms. The minimum atomic E-state index is -0.258. The lowest BCUT2D eigenvalue weighted by molar-refractivity contribution is 0.130. The molecule has 2 saturated carbocycles. The zero-order valence-electron chi connectivity index (χ0n) is 13.1. The number of hydrogen-bond donors (Lipinski definition) is 1. The second kappa shape index (κ2) is 5.66. The molecule has 1 heterocycles. The number of likely N-dealkylation sites (tertiary alicyclic amines) is 1. The van der Waals surface area contributed by atoms with Crippen LogP contribution < -0.4 is 5.32 Å². The van der Waals surface area contributed by atoms with Crippen LogP contribution in [0.4, 0.5) is 0 Å². The molecule has 3 aliphatic rings. The van der Waals surface area contributed by atoms with E-state index in [-0.39, 0.29) is 5.54 Å². The van der Waals surface area contributed by atoms with Gasteiger partial charge < -0.3 is 0 Å². The predicted molar refractivity (Wildman–Crippen MR) is 81.3 cm³/mol. The van der Waals surface area contributed by atoms with Gasteiger partial charge in [0.25, 0.3) is 0 Å². The SMILES string of the molecule is CC(C)NC1(C#N)CCC(N2CCC3CCCCC32)C1. The Morgan fingerprint density at radius 3 is 2.75 bits per heavy atom. The highest BCUT2D eigenvalue weighted by Gasteiger charge is 2.46. The molecule has 0 radical (unpaired) electrons. The highest BCUT2D eigenvalue weighted by molar-refractivity contribution is 5.14. The molecule has 3 rings (SSSR count). The summed E-state index contributed by atoms with van der Waals surface area (Å²) in [5.41, 5.74) is -0.258. The third-order valence-corrected chi connectivity index (χ3v) is 5.79. The van der Waals surface area contributed by atoms with Gasteiger partial charge in [-0.05, 0) is 64.8 Å². The Kier molecular flexibility index (Phi) is 4.06. The molecular formula is C17H29N3. The predicted octanol–water partition coefficient (Wildman–Crippen LogP) is 3.06. The fraction of sp³-hybridized carbons (Fsp3) is 0.941. The average Bonchev–Trinajstić information content (AvgIpc) is 3.02. The molecule has 0 spiro atoms. The lowest BCUT2D eigenvalue weighted by Crippen LogP contribution is -2.48. The molecule has 0 aromatic carbocycles. The zero-order valence-corrected chi connectivity index (χ0v) is 13.1. The van der Waals surface area contributed by atoms with Gasteiger partial charge in [0, 0.05) is 18.1 Å². The minimum Gasteiger partial charge on any atom is -0.297 e. The average molecular weight is 275 g/mol. The summed E-state index contributed by atoms with van der Waals surface area (Å²) in [7, 11) is 0. The van der Waals surface area contributed by atoms with Crippen LogP contribution in [0.1, 0.15) is 65.2 Å². The first kappa shape index (κ1) is 14.4. The summed E-state index contributed by atoms with van der Waals surface area (Å²) in [6, 6.07) is 4.48. The fourth-order valence-electron chi connectivity index (χ4n) is 5.02. The largest absolute Gasteiger partial charge is 0.297 e.